The third kappa shape index (κ3) is 2.65. The van der Waals surface area contributed by atoms with Gasteiger partial charge < -0.3 is 9.88 Å². The van der Waals surface area contributed by atoms with Crippen molar-refractivity contribution in [2.75, 3.05) is 26.2 Å². The van der Waals surface area contributed by atoms with Crippen LogP contribution < -0.4 is 5.56 Å². The molecule has 1 N–H and O–H groups in total. The zero-order valence-corrected chi connectivity index (χ0v) is 13.1. The number of rotatable bonds is 1. The van der Waals surface area contributed by atoms with Gasteiger partial charge in [-0.2, -0.15) is 0 Å². The van der Waals surface area contributed by atoms with Crippen LogP contribution in [0.2, 0.25) is 0 Å². The third-order valence-electron chi connectivity index (χ3n) is 5.11. The molecule has 3 heterocycles. The summed E-state index contributed by atoms with van der Waals surface area (Å²) in [7, 11) is 0. The maximum atomic E-state index is 12.8. The van der Waals surface area contributed by atoms with Gasteiger partial charge in [0.2, 0.25) is 0 Å². The lowest BCUT2D eigenvalue weighted by atomic mass is 9.99. The van der Waals surface area contributed by atoms with Gasteiger partial charge in [-0.1, -0.05) is 24.6 Å². The lowest BCUT2D eigenvalue weighted by Crippen LogP contribution is -2.56. The van der Waals surface area contributed by atoms with E-state index in [1.807, 2.05) is 29.2 Å². The van der Waals surface area contributed by atoms with Gasteiger partial charge in [-0.05, 0) is 36.9 Å². The van der Waals surface area contributed by atoms with E-state index in [-0.39, 0.29) is 17.0 Å². The quantitative estimate of drug-likeness (QED) is 0.874. The van der Waals surface area contributed by atoms with Crippen LogP contribution in [0.25, 0.3) is 10.9 Å². The summed E-state index contributed by atoms with van der Waals surface area (Å²) in [5.41, 5.74) is 0.735. The van der Waals surface area contributed by atoms with E-state index >= 15 is 0 Å². The Hall–Kier alpha value is -2.14. The van der Waals surface area contributed by atoms with Crippen molar-refractivity contribution in [1.29, 1.82) is 0 Å². The first-order chi connectivity index (χ1) is 11.2. The molecule has 0 unspecified atom stereocenters. The smallest absolute Gasteiger partial charge is 0.261 e. The number of hydrogen-bond acceptors (Lipinski definition) is 3. The van der Waals surface area contributed by atoms with Crippen molar-refractivity contribution >= 4 is 16.8 Å². The van der Waals surface area contributed by atoms with Gasteiger partial charge in [0.15, 0.2) is 0 Å². The monoisotopic (exact) mass is 311 g/mol. The van der Waals surface area contributed by atoms with Crippen LogP contribution in [0.1, 0.15) is 29.6 Å². The van der Waals surface area contributed by atoms with E-state index in [2.05, 4.69) is 9.88 Å². The molecule has 4 rings (SSSR count). The van der Waals surface area contributed by atoms with Crippen LogP contribution in [0.4, 0.5) is 0 Å². The SMILES string of the molecule is O=C(c1cc2ccccc2[nH]c1=O)N1CCN2CCCC[C@@H]2C1. The number of hydrogen-bond donors (Lipinski definition) is 1. The van der Waals surface area contributed by atoms with E-state index in [0.717, 1.165) is 37.0 Å². The molecule has 5 heteroatoms. The number of amides is 1. The van der Waals surface area contributed by atoms with E-state index in [4.69, 9.17) is 0 Å². The largest absolute Gasteiger partial charge is 0.336 e. The molecule has 0 radical (unpaired) electrons. The molecule has 2 saturated heterocycles. The van der Waals surface area contributed by atoms with Gasteiger partial charge in [0, 0.05) is 31.2 Å². The van der Waals surface area contributed by atoms with Crippen molar-refractivity contribution in [3.8, 4) is 0 Å². The summed E-state index contributed by atoms with van der Waals surface area (Å²) in [5.74, 6) is -0.137. The van der Waals surface area contributed by atoms with Crippen LogP contribution in [0.15, 0.2) is 35.1 Å². The number of H-pyrrole nitrogens is 1. The van der Waals surface area contributed by atoms with Crippen molar-refractivity contribution in [3.63, 3.8) is 0 Å². The predicted octanol–water partition coefficient (Wildman–Crippen LogP) is 1.84. The van der Waals surface area contributed by atoms with E-state index in [1.165, 1.54) is 12.8 Å². The summed E-state index contributed by atoms with van der Waals surface area (Å²) in [5, 5.41) is 0.895. The van der Waals surface area contributed by atoms with Crippen molar-refractivity contribution in [1.82, 2.24) is 14.8 Å². The molecule has 2 aliphatic rings. The molecule has 5 nitrogen and oxygen atoms in total. The lowest BCUT2D eigenvalue weighted by Gasteiger charge is -2.44. The zero-order chi connectivity index (χ0) is 15.8. The highest BCUT2D eigenvalue weighted by atomic mass is 16.2. The molecule has 1 aromatic heterocycles. The number of benzene rings is 1. The molecular weight excluding hydrogens is 290 g/mol. The summed E-state index contributed by atoms with van der Waals surface area (Å²) in [6.45, 7) is 3.51. The number of piperazine rings is 1. The number of nitrogens with one attached hydrogen (secondary N) is 1. The molecule has 0 aliphatic carbocycles. The van der Waals surface area contributed by atoms with Crippen LogP contribution >= 0.6 is 0 Å². The number of para-hydroxylation sites is 1. The van der Waals surface area contributed by atoms with Crippen LogP contribution in [0.5, 0.6) is 0 Å². The minimum absolute atomic E-state index is 0.137. The molecule has 1 amide bonds. The fraction of sp³-hybridized carbons (Fsp3) is 0.444. The molecule has 0 saturated carbocycles. The highest BCUT2D eigenvalue weighted by molar-refractivity contribution is 5.97. The number of aromatic nitrogens is 1. The van der Waals surface area contributed by atoms with E-state index in [0.29, 0.717) is 12.6 Å². The highest BCUT2D eigenvalue weighted by Gasteiger charge is 2.32. The van der Waals surface area contributed by atoms with Crippen molar-refractivity contribution in [2.45, 2.75) is 25.3 Å². The lowest BCUT2D eigenvalue weighted by molar-refractivity contribution is 0.0371. The molecule has 2 fully saturated rings. The van der Waals surface area contributed by atoms with Gasteiger partial charge >= 0.3 is 0 Å². The Morgan fingerprint density at radius 3 is 2.91 bits per heavy atom. The summed E-state index contributed by atoms with van der Waals surface area (Å²) in [6, 6.07) is 9.75. The molecule has 1 aromatic carbocycles. The fourth-order valence-corrected chi connectivity index (χ4v) is 3.82. The van der Waals surface area contributed by atoms with E-state index in [9.17, 15) is 9.59 Å². The van der Waals surface area contributed by atoms with Gasteiger partial charge in [-0.3, -0.25) is 14.5 Å². The van der Waals surface area contributed by atoms with Gasteiger partial charge in [0.05, 0.1) is 0 Å². The fourth-order valence-electron chi connectivity index (χ4n) is 3.82. The number of carbonyl (C=O) groups is 1. The topological polar surface area (TPSA) is 56.4 Å². The van der Waals surface area contributed by atoms with Crippen molar-refractivity contribution < 1.29 is 4.79 Å². The first kappa shape index (κ1) is 14.5. The number of piperidine rings is 1. The predicted molar refractivity (Wildman–Crippen MR) is 89.7 cm³/mol. The summed E-state index contributed by atoms with van der Waals surface area (Å²) in [6.07, 6.45) is 3.65. The molecule has 2 aliphatic heterocycles. The Morgan fingerprint density at radius 2 is 2.00 bits per heavy atom. The average Bonchev–Trinajstić information content (AvgIpc) is 2.60. The Kier molecular flexibility index (Phi) is 3.65. The summed E-state index contributed by atoms with van der Waals surface area (Å²) < 4.78 is 0. The number of nitrogens with zero attached hydrogens (tertiary/aromatic N) is 2. The van der Waals surface area contributed by atoms with Crippen molar-refractivity contribution in [2.24, 2.45) is 0 Å². The van der Waals surface area contributed by atoms with Crippen LogP contribution in [0, 0.1) is 0 Å². The number of aromatic amines is 1. The van der Waals surface area contributed by atoms with Crippen LogP contribution in [0.3, 0.4) is 0 Å². The van der Waals surface area contributed by atoms with Gasteiger partial charge in [-0.25, -0.2) is 0 Å². The zero-order valence-electron chi connectivity index (χ0n) is 13.1. The van der Waals surface area contributed by atoms with Gasteiger partial charge in [0.1, 0.15) is 5.56 Å². The maximum Gasteiger partial charge on any atom is 0.261 e. The number of carbonyl (C=O) groups excluding carboxylic acids is 1. The summed E-state index contributed by atoms with van der Waals surface area (Å²) in [4.78, 5) is 32.3. The maximum absolute atomic E-state index is 12.8. The second-order valence-corrected chi connectivity index (χ2v) is 6.54. The average molecular weight is 311 g/mol. The van der Waals surface area contributed by atoms with E-state index in [1.54, 1.807) is 6.07 Å². The molecular formula is C18H21N3O2. The molecule has 0 spiro atoms. The number of fused-ring (bicyclic) bond motifs is 2. The normalized spacial score (nSPS) is 22.1. The Bertz CT molecular complexity index is 798. The molecule has 120 valence electrons. The Balaban J connectivity index is 1.61. The number of pyridine rings is 1. The third-order valence-corrected chi connectivity index (χ3v) is 5.11. The Labute approximate surface area is 134 Å². The first-order valence-electron chi connectivity index (χ1n) is 8.38. The van der Waals surface area contributed by atoms with Crippen LogP contribution in [-0.2, 0) is 0 Å². The van der Waals surface area contributed by atoms with Gasteiger partial charge in [0.25, 0.3) is 11.5 Å². The summed E-state index contributed by atoms with van der Waals surface area (Å²) >= 11 is 0. The molecule has 23 heavy (non-hydrogen) atoms. The Morgan fingerprint density at radius 1 is 1.13 bits per heavy atom. The second kappa shape index (κ2) is 5.81. The molecule has 0 bridgehead atoms. The molecule has 2 aromatic rings. The second-order valence-electron chi connectivity index (χ2n) is 6.54. The van der Waals surface area contributed by atoms with Crippen LogP contribution in [-0.4, -0.2) is 52.9 Å². The minimum atomic E-state index is -0.292. The van der Waals surface area contributed by atoms with E-state index < -0.39 is 0 Å². The first-order valence-corrected chi connectivity index (χ1v) is 8.38. The van der Waals surface area contributed by atoms with Gasteiger partial charge in [-0.15, -0.1) is 0 Å². The standard InChI is InChI=1S/C18H21N3O2/c22-17-15(11-13-5-1-2-7-16(13)19-17)18(23)21-10-9-20-8-4-3-6-14(20)12-21/h1-2,5,7,11,14H,3-4,6,8-10,12H2,(H,19,22)/t14-/m1/s1. The minimum Gasteiger partial charge on any atom is -0.336 e. The highest BCUT2D eigenvalue weighted by Crippen LogP contribution is 2.22. The molecule has 1 atom stereocenters. The van der Waals surface area contributed by atoms with Crippen molar-refractivity contribution in [3.05, 3.63) is 46.2 Å².